The van der Waals surface area contributed by atoms with E-state index >= 15 is 0 Å². The van der Waals surface area contributed by atoms with E-state index in [1.54, 1.807) is 0 Å². The number of benzene rings is 10. The van der Waals surface area contributed by atoms with Crippen LogP contribution in [0.1, 0.15) is 0 Å². The third-order valence-corrected chi connectivity index (χ3v) is 13.9. The van der Waals surface area contributed by atoms with Crippen molar-refractivity contribution >= 4 is 87.6 Å². The van der Waals surface area contributed by atoms with Crippen LogP contribution in [0.2, 0.25) is 0 Å². The Morgan fingerprint density at radius 1 is 0.286 bits per heavy atom. The summed E-state index contributed by atoms with van der Waals surface area (Å²) < 4.78 is 22.0. The van der Waals surface area contributed by atoms with E-state index in [2.05, 4.69) is 150 Å². The van der Waals surface area contributed by atoms with Crippen molar-refractivity contribution in [2.24, 2.45) is 0 Å². The van der Waals surface area contributed by atoms with Crippen molar-refractivity contribution < 1.29 is 13.3 Å². The molecular weight excluding hydrogens is 861 g/mol. The zero-order valence-electron chi connectivity index (χ0n) is 37.3. The molecule has 326 valence electrons. The highest BCUT2D eigenvalue weighted by molar-refractivity contribution is 6.18. The van der Waals surface area contributed by atoms with Crippen molar-refractivity contribution in [1.29, 1.82) is 0 Å². The van der Waals surface area contributed by atoms with Gasteiger partial charge in [0.05, 0.1) is 11.0 Å². The van der Waals surface area contributed by atoms with Gasteiger partial charge in [-0.1, -0.05) is 140 Å². The Hall–Kier alpha value is -9.59. The van der Waals surface area contributed by atoms with Crippen molar-refractivity contribution in [2.75, 3.05) is 0 Å². The number of furan rings is 3. The molecule has 0 unspecified atom stereocenters. The van der Waals surface area contributed by atoms with E-state index in [1.807, 2.05) is 72.8 Å². The average molecular weight is 897 g/mol. The van der Waals surface area contributed by atoms with Crippen molar-refractivity contribution in [2.45, 2.75) is 0 Å². The van der Waals surface area contributed by atoms with E-state index in [9.17, 15) is 0 Å². The second-order valence-corrected chi connectivity index (χ2v) is 17.9. The maximum Gasteiger partial charge on any atom is 0.164 e. The SMILES string of the molecule is c1ccc(-c2nc(-c3ccc4oc5ccccc5c4c3)nc(-c3cccc4oc5ccc(-c6cccc7oc8c(-c9ccc%10c(c9)c9ccccc9n%10-c9ccccc9)cccc8c67)cc5c34)n2)cc1. The van der Waals surface area contributed by atoms with Gasteiger partial charge >= 0.3 is 0 Å². The van der Waals surface area contributed by atoms with Crippen LogP contribution in [0, 0.1) is 0 Å². The van der Waals surface area contributed by atoms with Gasteiger partial charge in [0, 0.05) is 71.0 Å². The molecule has 5 aromatic heterocycles. The number of para-hydroxylation sites is 4. The Morgan fingerprint density at radius 2 is 0.814 bits per heavy atom. The normalized spacial score (nSPS) is 12.0. The lowest BCUT2D eigenvalue weighted by atomic mass is 9.95. The quantitative estimate of drug-likeness (QED) is 0.165. The number of rotatable bonds is 6. The molecule has 0 saturated carbocycles. The molecule has 7 nitrogen and oxygen atoms in total. The highest BCUT2D eigenvalue weighted by atomic mass is 16.3. The first-order chi connectivity index (χ1) is 34.7. The summed E-state index contributed by atoms with van der Waals surface area (Å²) >= 11 is 0. The fraction of sp³-hybridized carbons (Fsp3) is 0. The first kappa shape index (κ1) is 38.5. The second-order valence-electron chi connectivity index (χ2n) is 17.9. The summed E-state index contributed by atoms with van der Waals surface area (Å²) in [5, 5.41) is 8.47. The van der Waals surface area contributed by atoms with Crippen molar-refractivity contribution in [3.63, 3.8) is 0 Å². The first-order valence-corrected chi connectivity index (χ1v) is 23.4. The molecule has 0 N–H and O–H groups in total. The minimum atomic E-state index is 0.554. The van der Waals surface area contributed by atoms with Gasteiger partial charge in [0.1, 0.15) is 33.5 Å². The lowest BCUT2D eigenvalue weighted by molar-refractivity contribution is 0.668. The molecule has 0 radical (unpaired) electrons. The molecule has 0 aliphatic carbocycles. The highest BCUT2D eigenvalue weighted by Gasteiger charge is 2.22. The van der Waals surface area contributed by atoms with E-state index in [1.165, 1.54) is 16.3 Å². The smallest absolute Gasteiger partial charge is 0.164 e. The van der Waals surface area contributed by atoms with Crippen LogP contribution in [-0.2, 0) is 0 Å². The molecule has 15 aromatic rings. The fourth-order valence-electron chi connectivity index (χ4n) is 10.7. The first-order valence-electron chi connectivity index (χ1n) is 23.4. The lowest BCUT2D eigenvalue weighted by Crippen LogP contribution is -2.00. The van der Waals surface area contributed by atoms with Gasteiger partial charge in [-0.05, 0) is 95.6 Å². The van der Waals surface area contributed by atoms with E-state index in [0.717, 1.165) is 116 Å². The number of hydrogen-bond donors (Lipinski definition) is 0. The Kier molecular flexibility index (Phi) is 8.23. The molecular formula is C63H36N4O3. The molecule has 15 rings (SSSR count). The van der Waals surface area contributed by atoms with Crippen molar-refractivity contribution in [1.82, 2.24) is 19.5 Å². The van der Waals surface area contributed by atoms with Gasteiger partial charge in [-0.2, -0.15) is 0 Å². The molecule has 0 bridgehead atoms. The molecule has 5 heterocycles. The van der Waals surface area contributed by atoms with Gasteiger partial charge in [-0.15, -0.1) is 0 Å². The average Bonchev–Trinajstić information content (AvgIpc) is 4.20. The monoisotopic (exact) mass is 896 g/mol. The molecule has 0 fully saturated rings. The van der Waals surface area contributed by atoms with Crippen LogP contribution >= 0.6 is 0 Å². The fourth-order valence-corrected chi connectivity index (χ4v) is 10.7. The van der Waals surface area contributed by atoms with Crippen LogP contribution in [-0.4, -0.2) is 19.5 Å². The molecule has 0 amide bonds. The minimum Gasteiger partial charge on any atom is -0.456 e. The lowest BCUT2D eigenvalue weighted by Gasteiger charge is -2.09. The molecule has 0 atom stereocenters. The summed E-state index contributed by atoms with van der Waals surface area (Å²) in [5.41, 5.74) is 15.2. The minimum absolute atomic E-state index is 0.554. The maximum atomic E-state index is 6.88. The van der Waals surface area contributed by atoms with E-state index in [4.69, 9.17) is 28.2 Å². The summed E-state index contributed by atoms with van der Waals surface area (Å²) in [5.74, 6) is 1.70. The van der Waals surface area contributed by atoms with Crippen LogP contribution in [0.25, 0.3) is 150 Å². The van der Waals surface area contributed by atoms with Crippen LogP contribution in [0.15, 0.2) is 232 Å². The molecule has 0 aliphatic rings. The van der Waals surface area contributed by atoms with Crippen LogP contribution in [0.4, 0.5) is 0 Å². The Balaban J connectivity index is 0.883. The Bertz CT molecular complexity index is 4600. The molecule has 0 spiro atoms. The van der Waals surface area contributed by atoms with Crippen molar-refractivity contribution in [3.05, 3.63) is 218 Å². The van der Waals surface area contributed by atoms with Gasteiger partial charge in [0.15, 0.2) is 17.5 Å². The molecule has 7 heteroatoms. The number of hydrogen-bond acceptors (Lipinski definition) is 6. The summed E-state index contributed by atoms with van der Waals surface area (Å²) in [6, 6.07) is 75.6. The van der Waals surface area contributed by atoms with E-state index < -0.39 is 0 Å². The molecule has 70 heavy (non-hydrogen) atoms. The largest absolute Gasteiger partial charge is 0.456 e. The Morgan fingerprint density at radius 3 is 1.67 bits per heavy atom. The topological polar surface area (TPSA) is 83.0 Å². The van der Waals surface area contributed by atoms with Gasteiger partial charge in [-0.25, -0.2) is 15.0 Å². The summed E-state index contributed by atoms with van der Waals surface area (Å²) in [4.78, 5) is 15.5. The van der Waals surface area contributed by atoms with Crippen LogP contribution in [0.5, 0.6) is 0 Å². The van der Waals surface area contributed by atoms with Gasteiger partial charge in [0.25, 0.3) is 0 Å². The third-order valence-electron chi connectivity index (χ3n) is 13.9. The zero-order chi connectivity index (χ0) is 45.9. The number of nitrogens with zero attached hydrogens (tertiary/aromatic N) is 4. The van der Waals surface area contributed by atoms with E-state index in [-0.39, 0.29) is 0 Å². The summed E-state index contributed by atoms with van der Waals surface area (Å²) in [6.45, 7) is 0. The number of aromatic nitrogens is 4. The maximum absolute atomic E-state index is 6.88. The van der Waals surface area contributed by atoms with Gasteiger partial charge < -0.3 is 17.8 Å². The summed E-state index contributed by atoms with van der Waals surface area (Å²) in [7, 11) is 0. The molecule has 0 aliphatic heterocycles. The molecule has 10 aromatic carbocycles. The molecule has 0 saturated heterocycles. The van der Waals surface area contributed by atoms with E-state index in [0.29, 0.717) is 17.5 Å². The van der Waals surface area contributed by atoms with Crippen LogP contribution < -0.4 is 0 Å². The third kappa shape index (κ3) is 5.85. The number of fused-ring (bicyclic) bond motifs is 12. The Labute approximate surface area is 399 Å². The summed E-state index contributed by atoms with van der Waals surface area (Å²) in [6.07, 6.45) is 0. The van der Waals surface area contributed by atoms with Crippen molar-refractivity contribution in [3.8, 4) is 62.1 Å². The van der Waals surface area contributed by atoms with Crippen LogP contribution in [0.3, 0.4) is 0 Å². The van der Waals surface area contributed by atoms with Gasteiger partial charge in [0.2, 0.25) is 0 Å². The highest BCUT2D eigenvalue weighted by Crippen LogP contribution is 2.44. The predicted octanol–water partition coefficient (Wildman–Crippen LogP) is 17.0. The predicted molar refractivity (Wildman–Crippen MR) is 283 cm³/mol. The zero-order valence-corrected chi connectivity index (χ0v) is 37.3. The second kappa shape index (κ2) is 15.0. The van der Waals surface area contributed by atoms with Gasteiger partial charge in [-0.3, -0.25) is 0 Å². The standard InChI is InChI=1S/C63H36N4O3/c1-3-14-37(15-4-1)61-64-62(40-30-33-54-49(36-40)45-19-8-10-25-53(45)68-54)66-63(65-61)47-23-13-26-56-59(47)50-35-38(29-32-55(50)69-56)42-20-12-27-57-58(42)46-22-11-21-43(60(46)70-57)39-28-31-52-48(34-39)44-18-7-9-24-51(44)67(52)41-16-5-2-6-17-41/h1-36H.